The van der Waals surface area contributed by atoms with Crippen LogP contribution in [0.4, 0.5) is 11.8 Å². The highest BCUT2D eigenvalue weighted by Crippen LogP contribution is 2.24. The van der Waals surface area contributed by atoms with Gasteiger partial charge in [0.2, 0.25) is 5.95 Å². The van der Waals surface area contributed by atoms with Gasteiger partial charge in [-0.3, -0.25) is 0 Å². The second kappa shape index (κ2) is 6.03. The molecule has 0 saturated heterocycles. The minimum absolute atomic E-state index is 0.408. The third-order valence-corrected chi connectivity index (χ3v) is 2.93. The zero-order chi connectivity index (χ0) is 12.1. The Bertz CT molecular complexity index is 341. The van der Waals surface area contributed by atoms with Crippen LogP contribution in [0.5, 0.6) is 0 Å². The zero-order valence-electron chi connectivity index (χ0n) is 10.3. The van der Waals surface area contributed by atoms with E-state index in [1.807, 2.05) is 7.05 Å². The van der Waals surface area contributed by atoms with Gasteiger partial charge >= 0.3 is 0 Å². The number of aromatic nitrogens is 2. The maximum atomic E-state index is 4.49. The Kier molecular flexibility index (Phi) is 4.99. The van der Waals surface area contributed by atoms with Crippen molar-refractivity contribution in [1.82, 2.24) is 9.97 Å². The fraction of sp³-hybridized carbons (Fsp3) is 0.636. The molecule has 1 rings (SSSR count). The molecule has 1 N–H and O–H groups in total. The summed E-state index contributed by atoms with van der Waals surface area (Å²) in [6, 6.07) is 0.408. The molecule has 0 spiro atoms. The highest BCUT2D eigenvalue weighted by Gasteiger charge is 2.12. The Hall–Kier alpha value is -0.840. The lowest BCUT2D eigenvalue weighted by molar-refractivity contribution is 0.739. The second-order valence-corrected chi connectivity index (χ2v) is 4.85. The molecular formula is C11H19BrN4. The van der Waals surface area contributed by atoms with Crippen LogP contribution in [0.1, 0.15) is 27.2 Å². The van der Waals surface area contributed by atoms with Crippen LogP contribution in [-0.2, 0) is 0 Å². The van der Waals surface area contributed by atoms with E-state index in [2.05, 4.69) is 56.9 Å². The summed E-state index contributed by atoms with van der Waals surface area (Å²) in [5.74, 6) is 1.61. The van der Waals surface area contributed by atoms with Gasteiger partial charge in [0.05, 0.1) is 4.47 Å². The number of rotatable bonds is 5. The van der Waals surface area contributed by atoms with Gasteiger partial charge in [-0.05, 0) is 36.2 Å². The van der Waals surface area contributed by atoms with Crippen LogP contribution in [0.15, 0.2) is 10.7 Å². The topological polar surface area (TPSA) is 41.1 Å². The van der Waals surface area contributed by atoms with E-state index in [0.29, 0.717) is 12.0 Å². The van der Waals surface area contributed by atoms with Crippen molar-refractivity contribution in [2.24, 2.45) is 0 Å². The van der Waals surface area contributed by atoms with Crippen molar-refractivity contribution in [3.05, 3.63) is 10.7 Å². The summed E-state index contributed by atoms with van der Waals surface area (Å²) in [5, 5.41) is 3.19. The van der Waals surface area contributed by atoms with E-state index < -0.39 is 0 Å². The molecule has 0 radical (unpaired) electrons. The third kappa shape index (κ3) is 3.33. The van der Waals surface area contributed by atoms with Crippen LogP contribution in [0, 0.1) is 0 Å². The molecule has 0 aliphatic rings. The maximum Gasteiger partial charge on any atom is 0.224 e. The lowest BCUT2D eigenvalue weighted by Crippen LogP contribution is -2.27. The molecule has 1 heterocycles. The Morgan fingerprint density at radius 2 is 2.19 bits per heavy atom. The predicted molar refractivity (Wildman–Crippen MR) is 72.1 cm³/mol. The van der Waals surface area contributed by atoms with Crippen molar-refractivity contribution in [2.75, 3.05) is 23.8 Å². The molecular weight excluding hydrogens is 268 g/mol. The number of hydrogen-bond donors (Lipinski definition) is 1. The smallest absolute Gasteiger partial charge is 0.224 e. The lowest BCUT2D eigenvalue weighted by Gasteiger charge is -2.23. The van der Waals surface area contributed by atoms with Crippen LogP contribution >= 0.6 is 15.9 Å². The van der Waals surface area contributed by atoms with Gasteiger partial charge in [-0.2, -0.15) is 4.98 Å². The normalized spacial score (nSPS) is 10.6. The summed E-state index contributed by atoms with van der Waals surface area (Å²) in [6.45, 7) is 7.28. The molecule has 0 fully saturated rings. The van der Waals surface area contributed by atoms with Crippen LogP contribution in [-0.4, -0.2) is 29.6 Å². The first-order valence-corrected chi connectivity index (χ1v) is 6.34. The molecule has 0 saturated carbocycles. The summed E-state index contributed by atoms with van der Waals surface area (Å²) in [7, 11) is 2.03. The number of nitrogens with one attached hydrogen (secondary N) is 1. The average molecular weight is 287 g/mol. The Morgan fingerprint density at radius 1 is 1.50 bits per heavy atom. The summed E-state index contributed by atoms with van der Waals surface area (Å²) in [6.07, 6.45) is 2.86. The van der Waals surface area contributed by atoms with Crippen molar-refractivity contribution in [3.63, 3.8) is 0 Å². The minimum atomic E-state index is 0.408. The molecule has 0 atom stereocenters. The van der Waals surface area contributed by atoms with E-state index in [0.717, 1.165) is 23.3 Å². The average Bonchev–Trinajstić information content (AvgIpc) is 2.27. The quantitative estimate of drug-likeness (QED) is 0.904. The first kappa shape index (κ1) is 13.2. The number of anilines is 2. The zero-order valence-corrected chi connectivity index (χ0v) is 11.9. The molecule has 0 amide bonds. The molecule has 1 aromatic rings. The largest absolute Gasteiger partial charge is 0.356 e. The minimum Gasteiger partial charge on any atom is -0.356 e. The van der Waals surface area contributed by atoms with Crippen LogP contribution in [0.25, 0.3) is 0 Å². The van der Waals surface area contributed by atoms with E-state index in [-0.39, 0.29) is 0 Å². The molecule has 0 aromatic carbocycles. The monoisotopic (exact) mass is 286 g/mol. The van der Waals surface area contributed by atoms with Gasteiger partial charge in [0, 0.05) is 25.8 Å². The molecule has 0 aliphatic heterocycles. The predicted octanol–water partition coefficient (Wildman–Crippen LogP) is 2.91. The van der Waals surface area contributed by atoms with Gasteiger partial charge in [-0.1, -0.05) is 6.92 Å². The van der Waals surface area contributed by atoms with Crippen molar-refractivity contribution < 1.29 is 0 Å². The SMILES string of the molecule is CCCNc1ncc(Br)c(N(C)C(C)C)n1. The highest BCUT2D eigenvalue weighted by atomic mass is 79.9. The molecule has 0 unspecified atom stereocenters. The number of nitrogens with zero attached hydrogens (tertiary/aromatic N) is 3. The van der Waals surface area contributed by atoms with E-state index in [1.165, 1.54) is 0 Å². The number of halogens is 1. The Labute approximate surface area is 106 Å². The van der Waals surface area contributed by atoms with E-state index in [9.17, 15) is 0 Å². The Balaban J connectivity index is 2.90. The number of hydrogen-bond acceptors (Lipinski definition) is 4. The summed E-state index contributed by atoms with van der Waals surface area (Å²) < 4.78 is 0.922. The van der Waals surface area contributed by atoms with Gasteiger partial charge in [-0.15, -0.1) is 0 Å². The molecule has 1 aromatic heterocycles. The van der Waals surface area contributed by atoms with Gasteiger partial charge in [0.15, 0.2) is 0 Å². The van der Waals surface area contributed by atoms with Crippen LogP contribution in [0.2, 0.25) is 0 Å². The van der Waals surface area contributed by atoms with Crippen molar-refractivity contribution >= 4 is 27.7 Å². The van der Waals surface area contributed by atoms with E-state index in [4.69, 9.17) is 0 Å². The lowest BCUT2D eigenvalue weighted by atomic mass is 10.3. The van der Waals surface area contributed by atoms with Crippen molar-refractivity contribution in [3.8, 4) is 0 Å². The highest BCUT2D eigenvalue weighted by molar-refractivity contribution is 9.10. The maximum absolute atomic E-state index is 4.49. The first-order valence-electron chi connectivity index (χ1n) is 5.55. The van der Waals surface area contributed by atoms with Crippen molar-refractivity contribution in [1.29, 1.82) is 0 Å². The molecule has 90 valence electrons. The summed E-state index contributed by atoms with van der Waals surface area (Å²) in [4.78, 5) is 10.8. The van der Waals surface area contributed by atoms with Crippen molar-refractivity contribution in [2.45, 2.75) is 33.2 Å². The summed E-state index contributed by atoms with van der Waals surface area (Å²) in [5.41, 5.74) is 0. The van der Waals surface area contributed by atoms with Gasteiger partial charge in [-0.25, -0.2) is 4.98 Å². The molecule has 5 heteroatoms. The van der Waals surface area contributed by atoms with Gasteiger partial charge in [0.25, 0.3) is 0 Å². The van der Waals surface area contributed by atoms with Gasteiger partial charge in [0.1, 0.15) is 5.82 Å². The van der Waals surface area contributed by atoms with Crippen LogP contribution < -0.4 is 10.2 Å². The standard InChI is InChI=1S/C11H19BrN4/c1-5-6-13-11-14-7-9(12)10(15-11)16(4)8(2)3/h7-8H,5-6H2,1-4H3,(H,13,14,15). The second-order valence-electron chi connectivity index (χ2n) is 4.00. The van der Waals surface area contributed by atoms with Crippen LogP contribution in [0.3, 0.4) is 0 Å². The molecule has 0 bridgehead atoms. The Morgan fingerprint density at radius 3 is 2.75 bits per heavy atom. The summed E-state index contributed by atoms with van der Waals surface area (Å²) >= 11 is 3.47. The molecule has 4 nitrogen and oxygen atoms in total. The van der Waals surface area contributed by atoms with Gasteiger partial charge < -0.3 is 10.2 Å². The third-order valence-electron chi connectivity index (χ3n) is 2.37. The first-order chi connectivity index (χ1) is 7.56. The van der Waals surface area contributed by atoms with E-state index >= 15 is 0 Å². The molecule has 0 aliphatic carbocycles. The van der Waals surface area contributed by atoms with E-state index in [1.54, 1.807) is 6.20 Å². The fourth-order valence-corrected chi connectivity index (χ4v) is 1.64. The molecule has 16 heavy (non-hydrogen) atoms. The fourth-order valence-electron chi connectivity index (χ4n) is 1.17.